The average Bonchev–Trinajstić information content (AvgIpc) is 2.67. The number of nitroso groups, excluding NO2 is 1. The Morgan fingerprint density at radius 1 is 1.30 bits per heavy atom. The Balaban J connectivity index is 2.30. The lowest BCUT2D eigenvalue weighted by Gasteiger charge is -2.07. The summed E-state index contributed by atoms with van der Waals surface area (Å²) in [4.78, 5) is 15.5. The van der Waals surface area contributed by atoms with E-state index in [0.29, 0.717) is 21.8 Å². The first kappa shape index (κ1) is 21.1. The molecule has 0 spiro atoms. The maximum Gasteiger partial charge on any atom is 0.197 e. The molecule has 0 aliphatic carbocycles. The molecule has 0 aromatic heterocycles. The van der Waals surface area contributed by atoms with Gasteiger partial charge in [0.1, 0.15) is 5.91 Å². The van der Waals surface area contributed by atoms with Crippen LogP contribution in [0.5, 0.6) is 0 Å². The van der Waals surface area contributed by atoms with Crippen LogP contribution in [-0.2, 0) is 6.42 Å². The molecule has 0 bridgehead atoms. The highest BCUT2D eigenvalue weighted by molar-refractivity contribution is 7.16. The molecule has 0 aliphatic heterocycles. The highest BCUT2D eigenvalue weighted by atomic mass is 35.5. The minimum atomic E-state index is -1.11. The van der Waals surface area contributed by atoms with Crippen LogP contribution in [0.25, 0.3) is 11.3 Å². The van der Waals surface area contributed by atoms with Gasteiger partial charge in [-0.1, -0.05) is 64.7 Å². The van der Waals surface area contributed by atoms with Crippen LogP contribution >= 0.6 is 20.8 Å². The molecule has 0 radical (unpaired) electrons. The molecule has 3 nitrogen and oxygen atoms in total. The minimum Gasteiger partial charge on any atom is -0.238 e. The van der Waals surface area contributed by atoms with Gasteiger partial charge < -0.3 is 0 Å². The number of aryl methyl sites for hydroxylation is 1. The van der Waals surface area contributed by atoms with Gasteiger partial charge >= 0.3 is 0 Å². The lowest BCUT2D eigenvalue weighted by atomic mass is 10.0. The number of halogens is 2. The van der Waals surface area contributed by atoms with Crippen LogP contribution in [0.4, 0.5) is 4.39 Å². The van der Waals surface area contributed by atoms with E-state index < -0.39 is 5.91 Å². The molecule has 2 aromatic carbocycles. The Labute approximate surface area is 166 Å². The topological polar surface area (TPSA) is 41.8 Å². The molecule has 6 heteroatoms. The van der Waals surface area contributed by atoms with E-state index >= 15 is 0 Å². The van der Waals surface area contributed by atoms with Gasteiger partial charge in [0.15, 0.2) is 5.84 Å². The lowest BCUT2D eigenvalue weighted by molar-refractivity contribution is 0.469. The van der Waals surface area contributed by atoms with E-state index in [-0.39, 0.29) is 5.84 Å². The summed E-state index contributed by atoms with van der Waals surface area (Å²) in [5, 5.41) is 3.51. The quantitative estimate of drug-likeness (QED) is 0.222. The van der Waals surface area contributed by atoms with Gasteiger partial charge in [-0.05, 0) is 59.0 Å². The summed E-state index contributed by atoms with van der Waals surface area (Å²) in [6.07, 6.45) is 2.42. The second-order valence-corrected chi connectivity index (χ2v) is 7.02. The van der Waals surface area contributed by atoms with Crippen molar-refractivity contribution in [2.45, 2.75) is 26.2 Å². The summed E-state index contributed by atoms with van der Waals surface area (Å²) in [5.74, 6) is -1.11. The molecule has 27 heavy (non-hydrogen) atoms. The van der Waals surface area contributed by atoms with Gasteiger partial charge in [0.25, 0.3) is 0 Å². The maximum absolute atomic E-state index is 13.3. The molecule has 0 fully saturated rings. The number of benzene rings is 2. The van der Waals surface area contributed by atoms with E-state index in [4.69, 9.17) is 11.6 Å². The maximum atomic E-state index is 13.3. The molecule has 0 saturated carbocycles. The van der Waals surface area contributed by atoms with Crippen molar-refractivity contribution in [2.75, 3.05) is 0 Å². The van der Waals surface area contributed by atoms with Crippen LogP contribution in [0.15, 0.2) is 65.3 Å². The summed E-state index contributed by atoms with van der Waals surface area (Å²) in [5.41, 5.74) is 4.32. The smallest absolute Gasteiger partial charge is 0.197 e. The van der Waals surface area contributed by atoms with Crippen molar-refractivity contribution in [3.8, 4) is 0 Å². The molecule has 2 atom stereocenters. The second kappa shape index (κ2) is 9.68. The Morgan fingerprint density at radius 2 is 1.96 bits per heavy atom. The largest absolute Gasteiger partial charge is 0.238 e. The van der Waals surface area contributed by atoms with Gasteiger partial charge in [-0.25, -0.2) is 9.38 Å². The zero-order valence-corrected chi connectivity index (χ0v) is 17.2. The van der Waals surface area contributed by atoms with Crippen molar-refractivity contribution < 1.29 is 4.39 Å². The second-order valence-electron chi connectivity index (χ2n) is 6.03. The molecule has 2 unspecified atom stereocenters. The molecular weight excluding hydrogens is 382 g/mol. The molecule has 0 aliphatic rings. The molecule has 2 rings (SSSR count). The van der Waals surface area contributed by atoms with Crippen molar-refractivity contribution >= 4 is 37.9 Å². The number of aliphatic imine (C=N–C) groups is 1. The van der Waals surface area contributed by atoms with Crippen molar-refractivity contribution in [3.63, 3.8) is 0 Å². The third kappa shape index (κ3) is 5.66. The first-order chi connectivity index (χ1) is 12.8. The molecular formula is C21H21ClFN2OP. The van der Waals surface area contributed by atoms with Gasteiger partial charge in [0.2, 0.25) is 0 Å². The Hall–Kier alpha value is -2.16. The van der Waals surface area contributed by atoms with E-state index in [2.05, 4.69) is 26.0 Å². The zero-order valence-electron chi connectivity index (χ0n) is 15.2. The Kier molecular flexibility index (Phi) is 7.58. The van der Waals surface area contributed by atoms with Gasteiger partial charge in [0.05, 0.1) is 5.70 Å². The number of amidine groups is 1. The average molecular weight is 403 g/mol. The predicted octanol–water partition coefficient (Wildman–Crippen LogP) is 6.98. The number of nitrogens with zero attached hydrogens (tertiary/aromatic N) is 2. The van der Waals surface area contributed by atoms with Crippen molar-refractivity contribution in [3.05, 3.63) is 87.3 Å². The first-order valence-electron chi connectivity index (χ1n) is 8.43. The molecule has 2 aromatic rings. The van der Waals surface area contributed by atoms with Crippen molar-refractivity contribution in [1.29, 1.82) is 0 Å². The zero-order chi connectivity index (χ0) is 20.0. The highest BCUT2D eigenvalue weighted by Gasteiger charge is 2.08. The number of allylic oxidation sites excluding steroid dienone is 1. The van der Waals surface area contributed by atoms with Gasteiger partial charge in [0, 0.05) is 10.6 Å². The van der Waals surface area contributed by atoms with E-state index in [1.165, 1.54) is 0 Å². The number of alkyl halides is 1. The third-order valence-electron chi connectivity index (χ3n) is 4.12. The fraction of sp³-hybridized carbons (Fsp3) is 0.190. The molecule has 0 N–H and O–H groups in total. The monoisotopic (exact) mass is 402 g/mol. The standard InChI is InChI=1S/C21H21ClFN2OP/c1-4-15-5-10-19(22)18(12-15)14(3)24-20(25-26)11-13(2)16-6-8-17(9-7-16)21(23)27/h5-12,21H,3-4,27H2,1-2H3/b13-11+,24-20?. The summed E-state index contributed by atoms with van der Waals surface area (Å²) in [6, 6.07) is 12.6. The molecule has 140 valence electrons. The summed E-state index contributed by atoms with van der Waals surface area (Å²) < 4.78 is 13.3. The van der Waals surface area contributed by atoms with E-state index in [0.717, 1.165) is 23.1 Å². The summed E-state index contributed by atoms with van der Waals surface area (Å²) in [6.45, 7) is 7.78. The summed E-state index contributed by atoms with van der Waals surface area (Å²) in [7, 11) is 2.11. The van der Waals surface area contributed by atoms with Crippen LogP contribution in [0, 0.1) is 4.91 Å². The van der Waals surface area contributed by atoms with Crippen molar-refractivity contribution in [1.82, 2.24) is 0 Å². The number of hydrogen-bond donors (Lipinski definition) is 0. The molecule has 0 amide bonds. The minimum absolute atomic E-state index is 0.00559. The van der Waals surface area contributed by atoms with E-state index in [1.807, 2.05) is 26.0 Å². The fourth-order valence-corrected chi connectivity index (χ4v) is 2.95. The van der Waals surface area contributed by atoms with Crippen LogP contribution in [0.3, 0.4) is 0 Å². The third-order valence-corrected chi connectivity index (χ3v) is 4.84. The SMILES string of the molecule is C=C(N=C(/C=C(\C)c1ccc(C(F)P)cc1)N=O)c1cc(CC)ccc1Cl. The highest BCUT2D eigenvalue weighted by Crippen LogP contribution is 2.27. The first-order valence-corrected chi connectivity index (χ1v) is 9.48. The Morgan fingerprint density at radius 3 is 2.52 bits per heavy atom. The molecule has 0 saturated heterocycles. The fourth-order valence-electron chi connectivity index (χ4n) is 2.50. The van der Waals surface area contributed by atoms with Crippen LogP contribution < -0.4 is 0 Å². The van der Waals surface area contributed by atoms with Crippen molar-refractivity contribution in [2.24, 2.45) is 10.2 Å². The number of hydrogen-bond acceptors (Lipinski definition) is 2. The normalized spacial score (nSPS) is 13.4. The lowest BCUT2D eigenvalue weighted by Crippen LogP contribution is -1.93. The molecule has 0 heterocycles. The van der Waals surface area contributed by atoms with Crippen LogP contribution in [0.2, 0.25) is 5.02 Å². The number of rotatable bonds is 6. The van der Waals surface area contributed by atoms with Crippen LogP contribution in [-0.4, -0.2) is 5.84 Å². The summed E-state index contributed by atoms with van der Waals surface area (Å²) >= 11 is 6.23. The Bertz CT molecular complexity index is 905. The predicted molar refractivity (Wildman–Crippen MR) is 117 cm³/mol. The van der Waals surface area contributed by atoms with Crippen LogP contribution in [0.1, 0.15) is 42.0 Å². The van der Waals surface area contributed by atoms with E-state index in [1.54, 1.807) is 36.4 Å². The van der Waals surface area contributed by atoms with E-state index in [9.17, 15) is 9.30 Å². The van der Waals surface area contributed by atoms with Gasteiger partial charge in [-0.3, -0.25) is 0 Å². The van der Waals surface area contributed by atoms with Gasteiger partial charge in [-0.2, -0.15) is 0 Å². The van der Waals surface area contributed by atoms with Gasteiger partial charge in [-0.15, -0.1) is 4.91 Å².